The zero-order chi connectivity index (χ0) is 14.5. The van der Waals surface area contributed by atoms with Gasteiger partial charge in [-0.25, -0.2) is 0 Å². The average molecular weight is 300 g/mol. The van der Waals surface area contributed by atoms with Crippen molar-refractivity contribution in [3.05, 3.63) is 53.9 Å². The van der Waals surface area contributed by atoms with Crippen LogP contribution < -0.4 is 5.32 Å². The third kappa shape index (κ3) is 3.72. The first kappa shape index (κ1) is 14.7. The number of rotatable bonds is 6. The second-order valence-electron chi connectivity index (χ2n) is 5.64. The predicted molar refractivity (Wildman–Crippen MR) is 91.0 cm³/mol. The highest BCUT2D eigenvalue weighted by atomic mass is 32.2. The van der Waals surface area contributed by atoms with Crippen molar-refractivity contribution in [1.29, 1.82) is 0 Å². The molecule has 0 radical (unpaired) electrons. The molecule has 0 bridgehead atoms. The van der Waals surface area contributed by atoms with Crippen molar-refractivity contribution >= 4 is 11.8 Å². The van der Waals surface area contributed by atoms with Gasteiger partial charge in [-0.3, -0.25) is 0 Å². The van der Waals surface area contributed by atoms with E-state index in [1.807, 2.05) is 11.8 Å². The van der Waals surface area contributed by atoms with Crippen LogP contribution in [-0.4, -0.2) is 16.9 Å². The second kappa shape index (κ2) is 7.19. The smallest absolute Gasteiger partial charge is 0.0338 e. The molecule has 0 amide bonds. The number of benzene rings is 1. The lowest BCUT2D eigenvalue weighted by Crippen LogP contribution is -2.23. The van der Waals surface area contributed by atoms with E-state index in [2.05, 4.69) is 59.5 Å². The summed E-state index contributed by atoms with van der Waals surface area (Å²) in [6, 6.07) is 11.2. The summed E-state index contributed by atoms with van der Waals surface area (Å²) in [4.78, 5) is 1.36. The topological polar surface area (TPSA) is 17.0 Å². The van der Waals surface area contributed by atoms with Gasteiger partial charge in [0.05, 0.1) is 0 Å². The third-order valence-electron chi connectivity index (χ3n) is 4.12. The van der Waals surface area contributed by atoms with Gasteiger partial charge in [0, 0.05) is 35.6 Å². The Hall–Kier alpha value is -1.19. The predicted octanol–water partition coefficient (Wildman–Crippen LogP) is 4.27. The molecular formula is C18H24N2S. The van der Waals surface area contributed by atoms with Gasteiger partial charge in [-0.15, -0.1) is 11.8 Å². The van der Waals surface area contributed by atoms with Crippen molar-refractivity contribution in [2.45, 2.75) is 43.7 Å². The van der Waals surface area contributed by atoms with Gasteiger partial charge < -0.3 is 9.88 Å². The zero-order valence-electron chi connectivity index (χ0n) is 12.7. The van der Waals surface area contributed by atoms with Gasteiger partial charge in [0.25, 0.3) is 0 Å². The van der Waals surface area contributed by atoms with E-state index in [1.54, 1.807) is 5.56 Å². The molecule has 21 heavy (non-hydrogen) atoms. The first-order chi connectivity index (χ1) is 10.4. The van der Waals surface area contributed by atoms with Gasteiger partial charge in [-0.05, 0) is 49.1 Å². The summed E-state index contributed by atoms with van der Waals surface area (Å²) in [5.74, 6) is 1.13. The summed E-state index contributed by atoms with van der Waals surface area (Å²) in [7, 11) is 0. The van der Waals surface area contributed by atoms with Crippen LogP contribution in [0.1, 0.15) is 36.9 Å². The highest BCUT2D eigenvalue weighted by Gasteiger charge is 2.20. The van der Waals surface area contributed by atoms with Gasteiger partial charge in [0.2, 0.25) is 0 Å². The fourth-order valence-electron chi connectivity index (χ4n) is 3.12. The molecule has 3 rings (SSSR count). The molecule has 0 aliphatic heterocycles. The van der Waals surface area contributed by atoms with Crippen LogP contribution in [0.25, 0.3) is 0 Å². The molecule has 2 nitrogen and oxygen atoms in total. The maximum absolute atomic E-state index is 3.62. The third-order valence-corrected chi connectivity index (χ3v) is 5.12. The molecule has 1 N–H and O–H groups in total. The van der Waals surface area contributed by atoms with Crippen LogP contribution in [0.5, 0.6) is 0 Å². The number of aromatic nitrogens is 1. The first-order valence-corrected chi connectivity index (χ1v) is 8.95. The van der Waals surface area contributed by atoms with Gasteiger partial charge in [0.15, 0.2) is 0 Å². The van der Waals surface area contributed by atoms with Gasteiger partial charge in [-0.1, -0.05) is 25.1 Å². The molecule has 0 saturated carbocycles. The first-order valence-electron chi connectivity index (χ1n) is 7.96. The molecule has 1 heterocycles. The number of fused-ring (bicyclic) bond motifs is 1. The normalized spacial score (nSPS) is 17.7. The Morgan fingerprint density at radius 1 is 1.24 bits per heavy atom. The monoisotopic (exact) mass is 300 g/mol. The summed E-state index contributed by atoms with van der Waals surface area (Å²) in [5.41, 5.74) is 3.09. The highest BCUT2D eigenvalue weighted by Crippen LogP contribution is 2.30. The van der Waals surface area contributed by atoms with E-state index >= 15 is 0 Å². The molecule has 2 aromatic rings. The second-order valence-corrected chi connectivity index (χ2v) is 6.81. The highest BCUT2D eigenvalue weighted by molar-refractivity contribution is 7.99. The zero-order valence-corrected chi connectivity index (χ0v) is 13.5. The van der Waals surface area contributed by atoms with E-state index in [0.29, 0.717) is 6.04 Å². The number of thioether (sulfide) groups is 1. The van der Waals surface area contributed by atoms with Gasteiger partial charge in [-0.2, -0.15) is 0 Å². The minimum Gasteiger partial charge on any atom is -0.353 e. The molecule has 0 fully saturated rings. The average Bonchev–Trinajstić information content (AvgIpc) is 2.93. The molecule has 1 atom stereocenters. The molecule has 1 aromatic carbocycles. The maximum atomic E-state index is 3.62. The van der Waals surface area contributed by atoms with E-state index in [4.69, 9.17) is 0 Å². The standard InChI is InChI=1S/C18H24N2S/c1-2-19-18-10-6-7-15-13-20(14-17(15)18)11-12-21-16-8-4-3-5-9-16/h3-5,8-9,13-14,18-19H,2,6-7,10-12H2,1H3. The van der Waals surface area contributed by atoms with Crippen molar-refractivity contribution in [1.82, 2.24) is 9.88 Å². The number of nitrogens with zero attached hydrogens (tertiary/aromatic N) is 1. The van der Waals surface area contributed by atoms with Crippen LogP contribution in [0.3, 0.4) is 0 Å². The molecule has 0 saturated heterocycles. The summed E-state index contributed by atoms with van der Waals surface area (Å²) >= 11 is 1.94. The summed E-state index contributed by atoms with van der Waals surface area (Å²) < 4.78 is 2.39. The van der Waals surface area contributed by atoms with Gasteiger partial charge >= 0.3 is 0 Å². The Kier molecular flexibility index (Phi) is 5.04. The van der Waals surface area contributed by atoms with Crippen molar-refractivity contribution in [2.75, 3.05) is 12.3 Å². The number of hydrogen-bond donors (Lipinski definition) is 1. The Morgan fingerprint density at radius 3 is 2.90 bits per heavy atom. The lowest BCUT2D eigenvalue weighted by molar-refractivity contribution is 0.473. The van der Waals surface area contributed by atoms with Gasteiger partial charge in [0.1, 0.15) is 0 Å². The minimum absolute atomic E-state index is 0.571. The molecule has 1 aromatic heterocycles. The van der Waals surface area contributed by atoms with Crippen molar-refractivity contribution in [3.63, 3.8) is 0 Å². The quantitative estimate of drug-likeness (QED) is 0.803. The van der Waals surface area contributed by atoms with Crippen LogP contribution in [0.2, 0.25) is 0 Å². The SMILES string of the molecule is CCNC1CCCc2cn(CCSc3ccccc3)cc21. The largest absolute Gasteiger partial charge is 0.353 e. The van der Waals surface area contributed by atoms with Crippen molar-refractivity contribution < 1.29 is 0 Å². The lowest BCUT2D eigenvalue weighted by Gasteiger charge is -2.22. The van der Waals surface area contributed by atoms with Crippen LogP contribution >= 0.6 is 11.8 Å². The van der Waals surface area contributed by atoms with Crippen LogP contribution in [0.4, 0.5) is 0 Å². The number of aryl methyl sites for hydroxylation is 2. The fraction of sp³-hybridized carbons (Fsp3) is 0.444. The Bertz CT molecular complexity index is 562. The maximum Gasteiger partial charge on any atom is 0.0338 e. The van der Waals surface area contributed by atoms with Crippen LogP contribution in [0, 0.1) is 0 Å². The van der Waals surface area contributed by atoms with E-state index in [0.717, 1.165) is 18.8 Å². The Labute approximate surface area is 131 Å². The molecule has 1 aliphatic carbocycles. The van der Waals surface area contributed by atoms with E-state index in [1.165, 1.54) is 29.7 Å². The molecular weight excluding hydrogens is 276 g/mol. The fourth-order valence-corrected chi connectivity index (χ4v) is 4.01. The van der Waals surface area contributed by atoms with E-state index in [-0.39, 0.29) is 0 Å². The Morgan fingerprint density at radius 2 is 2.10 bits per heavy atom. The minimum atomic E-state index is 0.571. The molecule has 0 spiro atoms. The summed E-state index contributed by atoms with van der Waals surface area (Å²) in [5, 5.41) is 3.62. The summed E-state index contributed by atoms with van der Waals surface area (Å²) in [6.07, 6.45) is 8.57. The van der Waals surface area contributed by atoms with Crippen LogP contribution in [0.15, 0.2) is 47.6 Å². The molecule has 1 aliphatic rings. The van der Waals surface area contributed by atoms with Crippen LogP contribution in [-0.2, 0) is 13.0 Å². The summed E-state index contributed by atoms with van der Waals surface area (Å²) in [6.45, 7) is 4.34. The number of nitrogens with one attached hydrogen (secondary N) is 1. The molecule has 3 heteroatoms. The lowest BCUT2D eigenvalue weighted by atomic mass is 9.91. The van der Waals surface area contributed by atoms with Crippen molar-refractivity contribution in [3.8, 4) is 0 Å². The Balaban J connectivity index is 1.59. The molecule has 1 unspecified atom stereocenters. The van der Waals surface area contributed by atoms with E-state index in [9.17, 15) is 0 Å². The number of hydrogen-bond acceptors (Lipinski definition) is 2. The molecule has 112 valence electrons. The van der Waals surface area contributed by atoms with E-state index < -0.39 is 0 Å². The van der Waals surface area contributed by atoms with Crippen molar-refractivity contribution in [2.24, 2.45) is 0 Å².